The second-order valence-electron chi connectivity index (χ2n) is 5.34. The van der Waals surface area contributed by atoms with Crippen LogP contribution in [0.25, 0.3) is 0 Å². The normalized spacial score (nSPS) is 15.3. The molecule has 0 saturated carbocycles. The number of hydrogen-bond donors (Lipinski definition) is 2. The minimum atomic E-state index is -0.692. The minimum Gasteiger partial charge on any atom is -0.486 e. The summed E-state index contributed by atoms with van der Waals surface area (Å²) in [5.74, 6) is 0.736. The van der Waals surface area contributed by atoms with Crippen molar-refractivity contribution in [3.05, 3.63) is 18.2 Å². The monoisotopic (exact) mass is 322 g/mol. The van der Waals surface area contributed by atoms with Gasteiger partial charge in [0.05, 0.1) is 7.11 Å². The van der Waals surface area contributed by atoms with Gasteiger partial charge in [0.2, 0.25) is 0 Å². The molecule has 1 aromatic rings. The number of esters is 1. The van der Waals surface area contributed by atoms with E-state index in [9.17, 15) is 9.59 Å². The largest absolute Gasteiger partial charge is 0.486 e. The van der Waals surface area contributed by atoms with Crippen molar-refractivity contribution in [1.29, 1.82) is 0 Å². The van der Waals surface area contributed by atoms with Crippen LogP contribution in [0.1, 0.15) is 20.3 Å². The first-order valence-corrected chi connectivity index (χ1v) is 7.60. The molecule has 2 amide bonds. The van der Waals surface area contributed by atoms with E-state index in [1.165, 1.54) is 7.11 Å². The van der Waals surface area contributed by atoms with Crippen LogP contribution >= 0.6 is 0 Å². The number of carbonyl (C=O) groups is 2. The number of rotatable bonds is 5. The van der Waals surface area contributed by atoms with Gasteiger partial charge in [-0.25, -0.2) is 9.59 Å². The van der Waals surface area contributed by atoms with Crippen molar-refractivity contribution < 1.29 is 23.8 Å². The van der Waals surface area contributed by atoms with Gasteiger partial charge in [0.25, 0.3) is 0 Å². The number of amides is 2. The molecule has 126 valence electrons. The second-order valence-corrected chi connectivity index (χ2v) is 5.34. The third kappa shape index (κ3) is 4.28. The first kappa shape index (κ1) is 16.9. The number of fused-ring (bicyclic) bond motifs is 1. The number of benzene rings is 1. The third-order valence-electron chi connectivity index (χ3n) is 3.75. The van der Waals surface area contributed by atoms with Crippen LogP contribution in [0.5, 0.6) is 11.5 Å². The first-order chi connectivity index (χ1) is 11.0. The highest BCUT2D eigenvalue weighted by Crippen LogP contribution is 2.32. The Morgan fingerprint density at radius 3 is 2.61 bits per heavy atom. The minimum absolute atomic E-state index is 0.0338. The Balaban J connectivity index is 2.01. The zero-order chi connectivity index (χ0) is 16.8. The highest BCUT2D eigenvalue weighted by molar-refractivity contribution is 5.92. The molecule has 7 heteroatoms. The quantitative estimate of drug-likeness (QED) is 0.811. The molecule has 1 heterocycles. The van der Waals surface area contributed by atoms with Gasteiger partial charge >= 0.3 is 12.0 Å². The van der Waals surface area contributed by atoms with Gasteiger partial charge in [-0.3, -0.25) is 0 Å². The first-order valence-electron chi connectivity index (χ1n) is 7.60. The standard InChI is InChI=1S/C16H22N2O5/c1-4-10(2)14(15(19)21-3)18-16(20)17-11-5-6-12-13(9-11)23-8-7-22-12/h5-6,9-10,14H,4,7-8H2,1-3H3,(H2,17,18,20)/t10-,14-/m0/s1. The molecular formula is C16H22N2O5. The fraction of sp³-hybridized carbons (Fsp3) is 0.500. The van der Waals surface area contributed by atoms with E-state index in [4.69, 9.17) is 14.2 Å². The van der Waals surface area contributed by atoms with E-state index in [2.05, 4.69) is 10.6 Å². The average molecular weight is 322 g/mol. The molecule has 0 spiro atoms. The molecule has 0 radical (unpaired) electrons. The summed E-state index contributed by atoms with van der Waals surface area (Å²) in [6.07, 6.45) is 0.740. The van der Waals surface area contributed by atoms with Crippen molar-refractivity contribution in [3.63, 3.8) is 0 Å². The summed E-state index contributed by atoms with van der Waals surface area (Å²) in [7, 11) is 1.30. The molecule has 0 aliphatic carbocycles. The summed E-state index contributed by atoms with van der Waals surface area (Å²) >= 11 is 0. The molecule has 0 bridgehead atoms. The Hall–Kier alpha value is -2.44. The summed E-state index contributed by atoms with van der Waals surface area (Å²) in [4.78, 5) is 23.9. The van der Waals surface area contributed by atoms with Gasteiger partial charge in [0.15, 0.2) is 11.5 Å². The van der Waals surface area contributed by atoms with Gasteiger partial charge in [-0.05, 0) is 18.1 Å². The molecule has 1 aliphatic rings. The number of hydrogen-bond acceptors (Lipinski definition) is 5. The summed E-state index contributed by atoms with van der Waals surface area (Å²) in [6, 6.07) is 3.96. The lowest BCUT2D eigenvalue weighted by Crippen LogP contribution is -2.47. The fourth-order valence-corrected chi connectivity index (χ4v) is 2.23. The summed E-state index contributed by atoms with van der Waals surface area (Å²) in [6.45, 7) is 4.81. The molecule has 0 unspecified atom stereocenters. The molecule has 2 N–H and O–H groups in total. The number of methoxy groups -OCH3 is 1. The van der Waals surface area contributed by atoms with Crippen LogP contribution < -0.4 is 20.1 Å². The predicted octanol–water partition coefficient (Wildman–Crippen LogP) is 2.17. The predicted molar refractivity (Wildman–Crippen MR) is 84.8 cm³/mol. The highest BCUT2D eigenvalue weighted by Gasteiger charge is 2.26. The van der Waals surface area contributed by atoms with Crippen LogP contribution in [-0.4, -0.2) is 38.4 Å². The lowest BCUT2D eigenvalue weighted by molar-refractivity contribution is -0.144. The van der Waals surface area contributed by atoms with Crippen LogP contribution in [0, 0.1) is 5.92 Å². The van der Waals surface area contributed by atoms with E-state index >= 15 is 0 Å². The van der Waals surface area contributed by atoms with E-state index in [0.717, 1.165) is 6.42 Å². The van der Waals surface area contributed by atoms with Crippen molar-refractivity contribution in [1.82, 2.24) is 5.32 Å². The lowest BCUT2D eigenvalue weighted by Gasteiger charge is -2.22. The van der Waals surface area contributed by atoms with Crippen molar-refractivity contribution in [2.75, 3.05) is 25.6 Å². The second kappa shape index (κ2) is 7.71. The molecule has 7 nitrogen and oxygen atoms in total. The Kier molecular flexibility index (Phi) is 5.67. The Morgan fingerprint density at radius 2 is 1.96 bits per heavy atom. The Morgan fingerprint density at radius 1 is 1.26 bits per heavy atom. The number of urea groups is 1. The lowest BCUT2D eigenvalue weighted by atomic mass is 9.99. The van der Waals surface area contributed by atoms with Crippen LogP contribution in [0.3, 0.4) is 0 Å². The topological polar surface area (TPSA) is 85.9 Å². The molecule has 1 aromatic carbocycles. The molecular weight excluding hydrogens is 300 g/mol. The van der Waals surface area contributed by atoms with Crippen molar-refractivity contribution in [2.45, 2.75) is 26.3 Å². The van der Waals surface area contributed by atoms with Gasteiger partial charge in [-0.15, -0.1) is 0 Å². The van der Waals surface area contributed by atoms with Crippen molar-refractivity contribution >= 4 is 17.7 Å². The van der Waals surface area contributed by atoms with E-state index in [0.29, 0.717) is 30.4 Å². The molecule has 2 atom stereocenters. The van der Waals surface area contributed by atoms with E-state index in [1.807, 2.05) is 13.8 Å². The van der Waals surface area contributed by atoms with Crippen LogP contribution in [0.15, 0.2) is 18.2 Å². The Bertz CT molecular complexity index is 576. The smallest absolute Gasteiger partial charge is 0.328 e. The van der Waals surface area contributed by atoms with Gasteiger partial charge in [-0.1, -0.05) is 20.3 Å². The Labute approximate surface area is 135 Å². The summed E-state index contributed by atoms with van der Waals surface area (Å²) < 4.78 is 15.6. The average Bonchev–Trinajstić information content (AvgIpc) is 2.58. The van der Waals surface area contributed by atoms with Gasteiger partial charge in [-0.2, -0.15) is 0 Å². The maximum absolute atomic E-state index is 12.1. The van der Waals surface area contributed by atoms with Gasteiger partial charge in [0.1, 0.15) is 19.3 Å². The van der Waals surface area contributed by atoms with E-state index in [1.54, 1.807) is 18.2 Å². The maximum atomic E-state index is 12.1. The van der Waals surface area contributed by atoms with Crippen molar-refractivity contribution in [3.8, 4) is 11.5 Å². The molecule has 1 aliphatic heterocycles. The van der Waals surface area contributed by atoms with Crippen LogP contribution in [0.4, 0.5) is 10.5 Å². The zero-order valence-electron chi connectivity index (χ0n) is 13.5. The fourth-order valence-electron chi connectivity index (χ4n) is 2.23. The molecule has 0 saturated heterocycles. The van der Waals surface area contributed by atoms with Gasteiger partial charge in [0, 0.05) is 11.8 Å². The molecule has 0 aromatic heterocycles. The van der Waals surface area contributed by atoms with Gasteiger partial charge < -0.3 is 24.8 Å². The van der Waals surface area contributed by atoms with E-state index in [-0.39, 0.29) is 5.92 Å². The highest BCUT2D eigenvalue weighted by atomic mass is 16.6. The SMILES string of the molecule is CC[C@H](C)[C@H](NC(=O)Nc1ccc2c(c1)OCCO2)C(=O)OC. The zero-order valence-corrected chi connectivity index (χ0v) is 13.5. The number of carbonyl (C=O) groups excluding carboxylic acids is 2. The van der Waals surface area contributed by atoms with E-state index < -0.39 is 18.0 Å². The van der Waals surface area contributed by atoms with Crippen LogP contribution in [0.2, 0.25) is 0 Å². The van der Waals surface area contributed by atoms with Crippen LogP contribution in [-0.2, 0) is 9.53 Å². The molecule has 2 rings (SSSR count). The summed E-state index contributed by atoms with van der Waals surface area (Å²) in [5, 5.41) is 5.34. The van der Waals surface area contributed by atoms with Crippen molar-refractivity contribution in [2.24, 2.45) is 5.92 Å². The third-order valence-corrected chi connectivity index (χ3v) is 3.75. The molecule has 0 fully saturated rings. The number of nitrogens with one attached hydrogen (secondary N) is 2. The number of anilines is 1. The number of ether oxygens (including phenoxy) is 3. The molecule has 23 heavy (non-hydrogen) atoms. The maximum Gasteiger partial charge on any atom is 0.328 e. The summed E-state index contributed by atoms with van der Waals surface area (Å²) in [5.41, 5.74) is 0.555.